The summed E-state index contributed by atoms with van der Waals surface area (Å²) in [6.07, 6.45) is 0. The van der Waals surface area contributed by atoms with Crippen molar-refractivity contribution in [2.24, 2.45) is 0 Å². The molecule has 152 valence electrons. The fourth-order valence-corrected chi connectivity index (χ4v) is 3.01. The van der Waals surface area contributed by atoms with E-state index in [2.05, 4.69) is 5.32 Å². The van der Waals surface area contributed by atoms with Crippen LogP contribution in [-0.2, 0) is 9.53 Å². The van der Waals surface area contributed by atoms with Gasteiger partial charge in [-0.3, -0.25) is 9.59 Å². The molecule has 2 aromatic carbocycles. The lowest BCUT2D eigenvalue weighted by molar-refractivity contribution is -0.139. The number of benzene rings is 2. The maximum absolute atomic E-state index is 12.8. The summed E-state index contributed by atoms with van der Waals surface area (Å²) in [7, 11) is 0. The first-order valence-corrected chi connectivity index (χ1v) is 9.18. The highest BCUT2D eigenvalue weighted by Gasteiger charge is 2.21. The van der Waals surface area contributed by atoms with Crippen LogP contribution in [0.25, 0.3) is 0 Å². The number of hydrogen-bond acceptors (Lipinski definition) is 5. The van der Waals surface area contributed by atoms with Crippen LogP contribution in [0.2, 0.25) is 0 Å². The minimum atomic E-state index is -1.10. The van der Waals surface area contributed by atoms with E-state index in [-0.39, 0.29) is 17.6 Å². The molecule has 0 radical (unpaired) electrons. The normalized spacial score (nSPS) is 13.6. The van der Waals surface area contributed by atoms with Crippen molar-refractivity contribution < 1.29 is 29.0 Å². The second-order valence-electron chi connectivity index (χ2n) is 6.55. The zero-order valence-electron chi connectivity index (χ0n) is 16.0. The molecule has 0 unspecified atom stereocenters. The van der Waals surface area contributed by atoms with Crippen LogP contribution in [0.5, 0.6) is 5.75 Å². The molecule has 0 saturated carbocycles. The van der Waals surface area contributed by atoms with Crippen molar-refractivity contribution in [3.63, 3.8) is 0 Å². The molecular formula is C21H22N2O6. The summed E-state index contributed by atoms with van der Waals surface area (Å²) in [5.41, 5.74) is 2.06. The Hall–Kier alpha value is -3.39. The fourth-order valence-electron chi connectivity index (χ4n) is 3.01. The second kappa shape index (κ2) is 9.20. The third-order valence-corrected chi connectivity index (χ3v) is 4.57. The van der Waals surface area contributed by atoms with Crippen LogP contribution in [0.3, 0.4) is 0 Å². The maximum Gasteiger partial charge on any atom is 0.341 e. The summed E-state index contributed by atoms with van der Waals surface area (Å²) in [5, 5.41) is 11.5. The predicted molar refractivity (Wildman–Crippen MR) is 105 cm³/mol. The Bertz CT molecular complexity index is 921. The van der Waals surface area contributed by atoms with E-state index in [1.165, 1.54) is 6.07 Å². The quantitative estimate of drug-likeness (QED) is 0.773. The molecule has 2 amide bonds. The third kappa shape index (κ3) is 5.11. The smallest absolute Gasteiger partial charge is 0.341 e. The summed E-state index contributed by atoms with van der Waals surface area (Å²) in [6, 6.07) is 11.4. The fraction of sp³-hybridized carbons (Fsp3) is 0.286. The summed E-state index contributed by atoms with van der Waals surface area (Å²) in [6.45, 7) is 3.41. The van der Waals surface area contributed by atoms with Gasteiger partial charge in [0, 0.05) is 29.9 Å². The van der Waals surface area contributed by atoms with Crippen LogP contribution in [0.4, 0.5) is 5.69 Å². The van der Waals surface area contributed by atoms with Crippen LogP contribution in [0.1, 0.15) is 26.3 Å². The van der Waals surface area contributed by atoms with Gasteiger partial charge in [-0.2, -0.15) is 0 Å². The lowest BCUT2D eigenvalue weighted by Gasteiger charge is -2.27. The van der Waals surface area contributed by atoms with E-state index in [9.17, 15) is 14.4 Å². The first kappa shape index (κ1) is 20.3. The van der Waals surface area contributed by atoms with Crippen LogP contribution in [0.15, 0.2) is 42.5 Å². The highest BCUT2D eigenvalue weighted by Crippen LogP contribution is 2.22. The zero-order valence-corrected chi connectivity index (χ0v) is 16.0. The average Bonchev–Trinajstić information content (AvgIpc) is 2.74. The molecule has 0 aromatic heterocycles. The summed E-state index contributed by atoms with van der Waals surface area (Å²) >= 11 is 0. The van der Waals surface area contributed by atoms with E-state index in [1.54, 1.807) is 48.2 Å². The number of carboxylic acids is 1. The largest absolute Gasteiger partial charge is 0.482 e. The van der Waals surface area contributed by atoms with Gasteiger partial charge in [-0.05, 0) is 42.8 Å². The molecule has 1 heterocycles. The number of nitrogens with one attached hydrogen (secondary N) is 1. The minimum absolute atomic E-state index is 0.0917. The molecule has 0 bridgehead atoms. The van der Waals surface area contributed by atoms with Crippen molar-refractivity contribution in [1.29, 1.82) is 0 Å². The third-order valence-electron chi connectivity index (χ3n) is 4.57. The van der Waals surface area contributed by atoms with Gasteiger partial charge in [-0.25, -0.2) is 4.79 Å². The van der Waals surface area contributed by atoms with Crippen molar-refractivity contribution >= 4 is 23.5 Å². The molecule has 2 N–H and O–H groups in total. The Morgan fingerprint density at radius 1 is 1.14 bits per heavy atom. The molecule has 0 spiro atoms. The molecule has 3 rings (SSSR count). The van der Waals surface area contributed by atoms with E-state index >= 15 is 0 Å². The minimum Gasteiger partial charge on any atom is -0.482 e. The monoisotopic (exact) mass is 398 g/mol. The van der Waals surface area contributed by atoms with Crippen LogP contribution < -0.4 is 10.1 Å². The first-order chi connectivity index (χ1) is 14.0. The maximum atomic E-state index is 12.8. The summed E-state index contributed by atoms with van der Waals surface area (Å²) < 4.78 is 10.4. The van der Waals surface area contributed by atoms with Crippen molar-refractivity contribution in [2.45, 2.75) is 6.92 Å². The number of nitrogens with zero attached hydrogens (tertiary/aromatic N) is 1. The Morgan fingerprint density at radius 2 is 1.86 bits per heavy atom. The van der Waals surface area contributed by atoms with E-state index in [0.29, 0.717) is 48.7 Å². The zero-order chi connectivity index (χ0) is 20.8. The van der Waals surface area contributed by atoms with Crippen molar-refractivity contribution in [3.8, 4) is 5.75 Å². The first-order valence-electron chi connectivity index (χ1n) is 9.18. The molecule has 1 saturated heterocycles. The van der Waals surface area contributed by atoms with Gasteiger partial charge < -0.3 is 24.8 Å². The van der Waals surface area contributed by atoms with Gasteiger partial charge in [-0.1, -0.05) is 12.1 Å². The number of carbonyl (C=O) groups excluding carboxylic acids is 2. The van der Waals surface area contributed by atoms with Gasteiger partial charge >= 0.3 is 5.97 Å². The SMILES string of the molecule is Cc1c(NC(=O)c2cccc(OCC(=O)O)c2)cccc1C(=O)N1CCOCC1. The van der Waals surface area contributed by atoms with Crippen LogP contribution >= 0.6 is 0 Å². The Kier molecular flexibility index (Phi) is 6.46. The number of ether oxygens (including phenoxy) is 2. The number of carboxylic acid groups (broad SMARTS) is 1. The molecule has 29 heavy (non-hydrogen) atoms. The van der Waals surface area contributed by atoms with Gasteiger partial charge in [0.2, 0.25) is 0 Å². The summed E-state index contributed by atoms with van der Waals surface area (Å²) in [5.74, 6) is -1.29. The van der Waals surface area contributed by atoms with E-state index in [4.69, 9.17) is 14.6 Å². The highest BCUT2D eigenvalue weighted by molar-refractivity contribution is 6.06. The number of morpholine rings is 1. The van der Waals surface area contributed by atoms with Gasteiger partial charge in [0.1, 0.15) is 5.75 Å². The van der Waals surface area contributed by atoms with Crippen LogP contribution in [0, 0.1) is 6.92 Å². The van der Waals surface area contributed by atoms with Gasteiger partial charge in [0.05, 0.1) is 13.2 Å². The molecule has 2 aromatic rings. The topological polar surface area (TPSA) is 105 Å². The number of rotatable bonds is 6. The molecule has 1 aliphatic rings. The van der Waals surface area contributed by atoms with Gasteiger partial charge in [0.15, 0.2) is 6.61 Å². The summed E-state index contributed by atoms with van der Waals surface area (Å²) in [4.78, 5) is 37.8. The number of carbonyl (C=O) groups is 3. The van der Waals surface area contributed by atoms with Crippen molar-refractivity contribution in [2.75, 3.05) is 38.2 Å². The van der Waals surface area contributed by atoms with E-state index < -0.39 is 12.6 Å². The Balaban J connectivity index is 1.75. The highest BCUT2D eigenvalue weighted by atomic mass is 16.5. The van der Waals surface area contributed by atoms with Crippen molar-refractivity contribution in [3.05, 3.63) is 59.2 Å². The number of aliphatic carboxylic acids is 1. The van der Waals surface area contributed by atoms with Crippen molar-refractivity contribution in [1.82, 2.24) is 4.90 Å². The molecule has 1 aliphatic heterocycles. The average molecular weight is 398 g/mol. The predicted octanol–water partition coefficient (Wildman–Crippen LogP) is 2.18. The number of anilines is 1. The molecular weight excluding hydrogens is 376 g/mol. The lowest BCUT2D eigenvalue weighted by Crippen LogP contribution is -2.41. The van der Waals surface area contributed by atoms with E-state index in [0.717, 1.165) is 0 Å². The van der Waals surface area contributed by atoms with Gasteiger partial charge in [0.25, 0.3) is 11.8 Å². The number of amides is 2. The molecule has 1 fully saturated rings. The molecule has 0 aliphatic carbocycles. The second-order valence-corrected chi connectivity index (χ2v) is 6.55. The molecule has 8 nitrogen and oxygen atoms in total. The molecule has 8 heteroatoms. The number of hydrogen-bond donors (Lipinski definition) is 2. The molecule has 0 atom stereocenters. The van der Waals surface area contributed by atoms with Gasteiger partial charge in [-0.15, -0.1) is 0 Å². The van der Waals surface area contributed by atoms with E-state index in [1.807, 2.05) is 0 Å². The van der Waals surface area contributed by atoms with Crippen LogP contribution in [-0.4, -0.2) is 60.7 Å². The standard InChI is InChI=1S/C21H22N2O6/c1-14-17(21(27)23-8-10-28-11-9-23)6-3-7-18(14)22-20(26)15-4-2-5-16(12-15)29-13-19(24)25/h2-7,12H,8-11,13H2,1H3,(H,22,26)(H,24,25). The lowest BCUT2D eigenvalue weighted by atomic mass is 10.0. The Labute approximate surface area is 168 Å². The Morgan fingerprint density at radius 3 is 2.59 bits per heavy atom.